The molecule has 1 aliphatic heterocycles. The van der Waals surface area contributed by atoms with Gasteiger partial charge in [-0.15, -0.1) is 0 Å². The molecule has 1 saturated carbocycles. The molecule has 0 amide bonds. The van der Waals surface area contributed by atoms with Gasteiger partial charge in [-0.1, -0.05) is 37.1 Å². The summed E-state index contributed by atoms with van der Waals surface area (Å²) in [7, 11) is 1.69. The second kappa shape index (κ2) is 9.51. The molecular weight excluding hydrogens is 502 g/mol. The number of rotatable bonds is 4. The summed E-state index contributed by atoms with van der Waals surface area (Å²) in [6.45, 7) is 0. The molecule has 7 rings (SSSR count). The highest BCUT2D eigenvalue weighted by molar-refractivity contribution is 5.90. The standard InChI is InChI=1S/C34H31NO5/c1-40-24-11-8-20-16-23(10-7-21(20)17-24)35-30-5-3-2-4-25(30)27-14-19(6-13-31(27)35)15-29-32(36)26-12-9-22(34(38)39)18-28(26)33(29)37/h6-18,25,30,32-33,36-37H,2-5H2,1H3,(H,38,39). The minimum atomic E-state index is -1.06. The summed E-state index contributed by atoms with van der Waals surface area (Å²) in [5.41, 5.74) is 6.21. The van der Waals surface area contributed by atoms with E-state index in [1.807, 2.05) is 18.2 Å². The molecule has 1 fully saturated rings. The fourth-order valence-electron chi connectivity index (χ4n) is 7.01. The van der Waals surface area contributed by atoms with Crippen molar-refractivity contribution in [3.05, 3.63) is 106 Å². The summed E-state index contributed by atoms with van der Waals surface area (Å²) in [4.78, 5) is 13.9. The van der Waals surface area contributed by atoms with Crippen LogP contribution in [0.5, 0.6) is 5.75 Å². The van der Waals surface area contributed by atoms with Gasteiger partial charge in [0.2, 0.25) is 0 Å². The van der Waals surface area contributed by atoms with Gasteiger partial charge in [-0.05, 0) is 106 Å². The van der Waals surface area contributed by atoms with Crippen molar-refractivity contribution >= 4 is 34.2 Å². The number of hydrogen-bond donors (Lipinski definition) is 3. The van der Waals surface area contributed by atoms with Gasteiger partial charge < -0.3 is 25.0 Å². The number of aliphatic hydroxyl groups is 2. The number of hydrogen-bond acceptors (Lipinski definition) is 5. The Labute approximate surface area is 232 Å². The Kier molecular flexibility index (Phi) is 5.91. The van der Waals surface area contributed by atoms with E-state index in [4.69, 9.17) is 4.74 Å². The fourth-order valence-corrected chi connectivity index (χ4v) is 7.01. The Morgan fingerprint density at radius 3 is 2.45 bits per heavy atom. The summed E-state index contributed by atoms with van der Waals surface area (Å²) >= 11 is 0. The lowest BCUT2D eigenvalue weighted by Gasteiger charge is -2.33. The van der Waals surface area contributed by atoms with Crippen molar-refractivity contribution in [2.75, 3.05) is 12.0 Å². The third-order valence-corrected chi connectivity index (χ3v) is 8.97. The van der Waals surface area contributed by atoms with E-state index < -0.39 is 18.2 Å². The summed E-state index contributed by atoms with van der Waals surface area (Å²) < 4.78 is 5.40. The van der Waals surface area contributed by atoms with E-state index in [9.17, 15) is 20.1 Å². The zero-order chi connectivity index (χ0) is 27.5. The van der Waals surface area contributed by atoms with E-state index >= 15 is 0 Å². The van der Waals surface area contributed by atoms with Gasteiger partial charge in [0.1, 0.15) is 18.0 Å². The van der Waals surface area contributed by atoms with Crippen LogP contribution in [0.1, 0.15) is 76.4 Å². The van der Waals surface area contributed by atoms with Crippen LogP contribution in [-0.2, 0) is 0 Å². The predicted molar refractivity (Wildman–Crippen MR) is 155 cm³/mol. The maximum absolute atomic E-state index is 11.4. The van der Waals surface area contributed by atoms with Crippen LogP contribution in [0.3, 0.4) is 0 Å². The highest BCUT2D eigenvalue weighted by Gasteiger charge is 2.41. The number of carbonyl (C=O) groups is 1. The third kappa shape index (κ3) is 3.90. The van der Waals surface area contributed by atoms with Crippen molar-refractivity contribution in [2.45, 2.75) is 49.9 Å². The molecule has 3 N–H and O–H groups in total. The molecule has 4 aromatic rings. The van der Waals surface area contributed by atoms with Crippen molar-refractivity contribution < 1.29 is 24.9 Å². The smallest absolute Gasteiger partial charge is 0.335 e. The SMILES string of the molecule is COc1ccc2cc(N3c4ccc(C=C5C(O)c6ccc(C(=O)O)cc6C5O)cc4C4CCCCC43)ccc2c1. The van der Waals surface area contributed by atoms with E-state index in [2.05, 4.69) is 47.4 Å². The van der Waals surface area contributed by atoms with Gasteiger partial charge in [0, 0.05) is 23.3 Å². The minimum absolute atomic E-state index is 0.0973. The van der Waals surface area contributed by atoms with Gasteiger partial charge >= 0.3 is 5.97 Å². The van der Waals surface area contributed by atoms with Crippen LogP contribution in [0.25, 0.3) is 16.8 Å². The van der Waals surface area contributed by atoms with E-state index in [1.165, 1.54) is 47.3 Å². The highest BCUT2D eigenvalue weighted by atomic mass is 16.5. The van der Waals surface area contributed by atoms with Crippen molar-refractivity contribution in [1.29, 1.82) is 0 Å². The number of methoxy groups -OCH3 is 1. The van der Waals surface area contributed by atoms with E-state index in [1.54, 1.807) is 13.2 Å². The zero-order valence-electron chi connectivity index (χ0n) is 22.2. The van der Waals surface area contributed by atoms with E-state index in [0.29, 0.717) is 28.7 Å². The van der Waals surface area contributed by atoms with Crippen molar-refractivity contribution in [3.63, 3.8) is 0 Å². The molecule has 4 atom stereocenters. The number of aliphatic hydroxyl groups excluding tert-OH is 2. The molecule has 3 aliphatic rings. The summed E-state index contributed by atoms with van der Waals surface area (Å²) in [6.07, 6.45) is 4.52. The van der Waals surface area contributed by atoms with Crippen LogP contribution in [0, 0.1) is 0 Å². The molecule has 0 aromatic heterocycles. The first kappa shape index (κ1) is 24.9. The average molecular weight is 534 g/mol. The van der Waals surface area contributed by atoms with Gasteiger partial charge in [-0.3, -0.25) is 0 Å². The van der Waals surface area contributed by atoms with Gasteiger partial charge in [0.05, 0.1) is 12.7 Å². The first-order valence-corrected chi connectivity index (χ1v) is 13.9. The highest BCUT2D eigenvalue weighted by Crippen LogP contribution is 2.52. The number of benzene rings is 4. The van der Waals surface area contributed by atoms with Gasteiger partial charge in [-0.2, -0.15) is 0 Å². The molecule has 0 radical (unpaired) electrons. The van der Waals surface area contributed by atoms with E-state index in [-0.39, 0.29) is 5.56 Å². The van der Waals surface area contributed by atoms with Crippen LogP contribution in [0.15, 0.2) is 78.4 Å². The normalized spacial score (nSPS) is 24.2. The molecule has 4 unspecified atom stereocenters. The molecular formula is C34H31NO5. The Hall–Kier alpha value is -4.13. The minimum Gasteiger partial charge on any atom is -0.497 e. The third-order valence-electron chi connectivity index (χ3n) is 8.97. The average Bonchev–Trinajstić information content (AvgIpc) is 3.43. The predicted octanol–water partition coefficient (Wildman–Crippen LogP) is 6.89. The molecule has 6 nitrogen and oxygen atoms in total. The first-order chi connectivity index (χ1) is 19.4. The Morgan fingerprint density at radius 2 is 1.62 bits per heavy atom. The summed E-state index contributed by atoms with van der Waals surface area (Å²) in [6, 6.07) is 24.1. The lowest BCUT2D eigenvalue weighted by atomic mass is 9.82. The van der Waals surface area contributed by atoms with Crippen LogP contribution in [-0.4, -0.2) is 34.4 Å². The van der Waals surface area contributed by atoms with Crippen molar-refractivity contribution in [1.82, 2.24) is 0 Å². The number of ether oxygens (including phenoxy) is 1. The molecule has 0 spiro atoms. The Bertz CT molecular complexity index is 1690. The number of carboxylic acids is 1. The summed E-state index contributed by atoms with van der Waals surface area (Å²) in [5, 5.41) is 33.7. The second-order valence-electron chi connectivity index (χ2n) is 11.1. The lowest BCUT2D eigenvalue weighted by molar-refractivity contribution is 0.0696. The fraction of sp³-hybridized carbons (Fsp3) is 0.265. The number of anilines is 2. The number of aromatic carboxylic acids is 1. The molecule has 0 bridgehead atoms. The van der Waals surface area contributed by atoms with Crippen molar-refractivity contribution in [2.24, 2.45) is 0 Å². The van der Waals surface area contributed by atoms with Gasteiger partial charge in [0.15, 0.2) is 0 Å². The molecule has 6 heteroatoms. The maximum Gasteiger partial charge on any atom is 0.335 e. The van der Waals surface area contributed by atoms with E-state index in [0.717, 1.165) is 29.5 Å². The number of carboxylic acid groups (broad SMARTS) is 1. The largest absolute Gasteiger partial charge is 0.497 e. The topological polar surface area (TPSA) is 90.2 Å². The van der Waals surface area contributed by atoms with Gasteiger partial charge in [0.25, 0.3) is 0 Å². The Balaban J connectivity index is 1.26. The first-order valence-electron chi connectivity index (χ1n) is 13.9. The molecule has 2 aliphatic carbocycles. The maximum atomic E-state index is 11.4. The molecule has 202 valence electrons. The van der Waals surface area contributed by atoms with Crippen molar-refractivity contribution in [3.8, 4) is 5.75 Å². The molecule has 0 saturated heterocycles. The quantitative estimate of drug-likeness (QED) is 0.265. The number of fused-ring (bicyclic) bond motifs is 5. The lowest BCUT2D eigenvalue weighted by Crippen LogP contribution is -2.32. The van der Waals surface area contributed by atoms with Crippen LogP contribution in [0.4, 0.5) is 11.4 Å². The molecule has 40 heavy (non-hydrogen) atoms. The summed E-state index contributed by atoms with van der Waals surface area (Å²) in [5.74, 6) is 0.212. The monoisotopic (exact) mass is 533 g/mol. The molecule has 4 aromatic carbocycles. The van der Waals surface area contributed by atoms with Gasteiger partial charge in [-0.25, -0.2) is 4.79 Å². The van der Waals surface area contributed by atoms with Crippen LogP contribution >= 0.6 is 0 Å². The van der Waals surface area contributed by atoms with Crippen LogP contribution < -0.4 is 9.64 Å². The second-order valence-corrected chi connectivity index (χ2v) is 11.1. The zero-order valence-corrected chi connectivity index (χ0v) is 22.2. The van der Waals surface area contributed by atoms with Crippen LogP contribution in [0.2, 0.25) is 0 Å². The Morgan fingerprint density at radius 1 is 0.850 bits per heavy atom. The number of nitrogens with zero attached hydrogens (tertiary/aromatic N) is 1. The molecule has 1 heterocycles.